The zero-order valence-corrected chi connectivity index (χ0v) is 11.7. The number of benzene rings is 1. The van der Waals surface area contributed by atoms with Crippen molar-refractivity contribution < 1.29 is 14.3 Å². The summed E-state index contributed by atoms with van der Waals surface area (Å²) in [5.41, 5.74) is 1.23. The van der Waals surface area contributed by atoms with Crippen LogP contribution in [-0.2, 0) is 4.74 Å². The Labute approximate surface area is 115 Å². The molecule has 0 fully saturated rings. The number of hydrogen-bond acceptors (Lipinski definition) is 6. The predicted molar refractivity (Wildman–Crippen MR) is 74.5 cm³/mol. The van der Waals surface area contributed by atoms with Gasteiger partial charge in [0.1, 0.15) is 5.75 Å². The summed E-state index contributed by atoms with van der Waals surface area (Å²) in [6.45, 7) is 1.84. The number of aryl methyl sites for hydroxylation is 1. The molecule has 1 aromatic carbocycles. The fraction of sp³-hybridized carbons (Fsp3) is 0.231. The van der Waals surface area contributed by atoms with Crippen LogP contribution in [0.3, 0.4) is 0 Å². The average molecular weight is 278 g/mol. The molecule has 5 nitrogen and oxygen atoms in total. The molecule has 0 spiro atoms. The predicted octanol–water partition coefficient (Wildman–Crippen LogP) is 2.99. The molecule has 1 N–H and O–H groups in total. The summed E-state index contributed by atoms with van der Waals surface area (Å²) < 4.78 is 9.76. The lowest BCUT2D eigenvalue weighted by Crippen LogP contribution is -2.03. The van der Waals surface area contributed by atoms with Gasteiger partial charge in [-0.1, -0.05) is 0 Å². The summed E-state index contributed by atoms with van der Waals surface area (Å²) >= 11 is 1.41. The van der Waals surface area contributed by atoms with E-state index in [-0.39, 0.29) is 0 Å². The van der Waals surface area contributed by atoms with Crippen molar-refractivity contribution in [1.82, 2.24) is 4.98 Å². The first-order valence-corrected chi connectivity index (χ1v) is 6.42. The molecular formula is C13H14N2O3S. The number of thiazole rings is 1. The van der Waals surface area contributed by atoms with Gasteiger partial charge < -0.3 is 14.8 Å². The van der Waals surface area contributed by atoms with Gasteiger partial charge in [0.25, 0.3) is 0 Å². The number of ether oxygens (including phenoxy) is 2. The number of carbonyl (C=O) groups excluding carboxylic acids is 1. The highest BCUT2D eigenvalue weighted by Crippen LogP contribution is 2.26. The van der Waals surface area contributed by atoms with E-state index in [1.165, 1.54) is 18.4 Å². The first kappa shape index (κ1) is 13.4. The van der Waals surface area contributed by atoms with Crippen LogP contribution >= 0.6 is 11.3 Å². The minimum Gasteiger partial charge on any atom is -0.497 e. The highest BCUT2D eigenvalue weighted by Gasteiger charge is 2.15. The molecular weight excluding hydrogens is 264 g/mol. The minimum atomic E-state index is -0.420. The van der Waals surface area contributed by atoms with Gasteiger partial charge in [-0.05, 0) is 31.2 Å². The van der Waals surface area contributed by atoms with Gasteiger partial charge in [-0.3, -0.25) is 0 Å². The van der Waals surface area contributed by atoms with E-state index in [1.54, 1.807) is 7.11 Å². The van der Waals surface area contributed by atoms with E-state index in [1.807, 2.05) is 31.2 Å². The molecule has 0 saturated heterocycles. The number of hydrogen-bond donors (Lipinski definition) is 1. The van der Waals surface area contributed by atoms with Gasteiger partial charge in [-0.15, -0.1) is 11.3 Å². The molecule has 0 unspecified atom stereocenters. The number of rotatable bonds is 4. The highest BCUT2D eigenvalue weighted by molar-refractivity contribution is 7.15. The summed E-state index contributed by atoms with van der Waals surface area (Å²) in [5.74, 6) is 0.368. The smallest absolute Gasteiger partial charge is 0.357 e. The SMILES string of the molecule is COC(=O)c1nc(Nc2ccc(OC)cc2)sc1C. The van der Waals surface area contributed by atoms with Crippen molar-refractivity contribution in [2.75, 3.05) is 19.5 Å². The first-order valence-electron chi connectivity index (χ1n) is 5.61. The largest absolute Gasteiger partial charge is 0.497 e. The molecule has 0 aliphatic carbocycles. The Bertz CT molecular complexity index is 578. The van der Waals surface area contributed by atoms with E-state index in [9.17, 15) is 4.79 Å². The lowest BCUT2D eigenvalue weighted by atomic mass is 10.3. The monoisotopic (exact) mass is 278 g/mol. The molecule has 19 heavy (non-hydrogen) atoms. The Morgan fingerprint density at radius 1 is 1.26 bits per heavy atom. The number of carbonyl (C=O) groups is 1. The van der Waals surface area contributed by atoms with Crippen molar-refractivity contribution in [3.8, 4) is 5.75 Å². The summed E-state index contributed by atoms with van der Waals surface area (Å²) in [5, 5.41) is 3.80. The molecule has 0 saturated carbocycles. The molecule has 2 aromatic rings. The van der Waals surface area contributed by atoms with Crippen LogP contribution in [0.15, 0.2) is 24.3 Å². The zero-order valence-electron chi connectivity index (χ0n) is 10.9. The van der Waals surface area contributed by atoms with Crippen LogP contribution in [0.5, 0.6) is 5.75 Å². The molecule has 0 aliphatic rings. The highest BCUT2D eigenvalue weighted by atomic mass is 32.1. The van der Waals surface area contributed by atoms with E-state index >= 15 is 0 Å². The first-order chi connectivity index (χ1) is 9.13. The molecule has 1 aromatic heterocycles. The lowest BCUT2D eigenvalue weighted by Gasteiger charge is -2.03. The number of anilines is 2. The maximum atomic E-state index is 11.5. The zero-order chi connectivity index (χ0) is 13.8. The number of nitrogens with one attached hydrogen (secondary N) is 1. The van der Waals surface area contributed by atoms with Crippen molar-refractivity contribution in [1.29, 1.82) is 0 Å². The Morgan fingerprint density at radius 2 is 1.95 bits per heavy atom. The quantitative estimate of drug-likeness (QED) is 0.871. The third-order valence-electron chi connectivity index (χ3n) is 2.52. The Morgan fingerprint density at radius 3 is 2.53 bits per heavy atom. The minimum absolute atomic E-state index is 0.350. The molecule has 0 radical (unpaired) electrons. The molecule has 100 valence electrons. The lowest BCUT2D eigenvalue weighted by molar-refractivity contribution is 0.0594. The summed E-state index contributed by atoms with van der Waals surface area (Å²) in [7, 11) is 2.97. The maximum absolute atomic E-state index is 11.5. The van der Waals surface area contributed by atoms with E-state index < -0.39 is 5.97 Å². The van der Waals surface area contributed by atoms with Gasteiger partial charge in [-0.2, -0.15) is 0 Å². The molecule has 6 heteroatoms. The second kappa shape index (κ2) is 5.71. The van der Waals surface area contributed by atoms with Crippen molar-refractivity contribution in [3.63, 3.8) is 0 Å². The number of esters is 1. The fourth-order valence-corrected chi connectivity index (χ4v) is 2.36. The van der Waals surface area contributed by atoms with Crippen LogP contribution in [0.4, 0.5) is 10.8 Å². The van der Waals surface area contributed by atoms with E-state index in [0.29, 0.717) is 10.8 Å². The third kappa shape index (κ3) is 3.03. The Hall–Kier alpha value is -2.08. The number of aromatic nitrogens is 1. The van der Waals surface area contributed by atoms with Crippen LogP contribution < -0.4 is 10.1 Å². The summed E-state index contributed by atoms with van der Waals surface area (Å²) in [6.07, 6.45) is 0. The Kier molecular flexibility index (Phi) is 4.01. The van der Waals surface area contributed by atoms with Gasteiger partial charge in [0.05, 0.1) is 14.2 Å². The maximum Gasteiger partial charge on any atom is 0.357 e. The summed E-state index contributed by atoms with van der Waals surface area (Å²) in [4.78, 5) is 16.5. The second-order valence-electron chi connectivity index (χ2n) is 3.77. The van der Waals surface area contributed by atoms with E-state index in [0.717, 1.165) is 16.3 Å². The van der Waals surface area contributed by atoms with Crippen molar-refractivity contribution in [2.24, 2.45) is 0 Å². The fourth-order valence-electron chi connectivity index (χ4n) is 1.53. The van der Waals surface area contributed by atoms with Crippen LogP contribution in [0, 0.1) is 6.92 Å². The summed E-state index contributed by atoms with van der Waals surface area (Å²) in [6, 6.07) is 7.47. The van der Waals surface area contributed by atoms with Gasteiger partial charge in [0.2, 0.25) is 0 Å². The molecule has 0 aliphatic heterocycles. The normalized spacial score (nSPS) is 10.1. The van der Waals surface area contributed by atoms with Crippen molar-refractivity contribution in [3.05, 3.63) is 34.8 Å². The van der Waals surface area contributed by atoms with Gasteiger partial charge in [0, 0.05) is 10.6 Å². The molecule has 0 atom stereocenters. The molecule has 0 bridgehead atoms. The van der Waals surface area contributed by atoms with E-state index in [2.05, 4.69) is 15.0 Å². The third-order valence-corrected chi connectivity index (χ3v) is 3.40. The standard InChI is InChI=1S/C13H14N2O3S/c1-8-11(12(16)18-3)15-13(19-8)14-9-4-6-10(17-2)7-5-9/h4-7H,1-3H3,(H,14,15). The van der Waals surface area contributed by atoms with Crippen LogP contribution in [-0.4, -0.2) is 25.2 Å². The second-order valence-corrected chi connectivity index (χ2v) is 4.97. The molecule has 2 rings (SSSR count). The van der Waals surface area contributed by atoms with Crippen molar-refractivity contribution in [2.45, 2.75) is 6.92 Å². The Balaban J connectivity index is 2.16. The van der Waals surface area contributed by atoms with E-state index in [4.69, 9.17) is 4.74 Å². The molecule has 0 amide bonds. The van der Waals surface area contributed by atoms with Gasteiger partial charge >= 0.3 is 5.97 Å². The van der Waals surface area contributed by atoms with Gasteiger partial charge in [-0.25, -0.2) is 9.78 Å². The average Bonchev–Trinajstić information content (AvgIpc) is 2.79. The van der Waals surface area contributed by atoms with Crippen LogP contribution in [0.25, 0.3) is 0 Å². The van der Waals surface area contributed by atoms with Gasteiger partial charge in [0.15, 0.2) is 10.8 Å². The molecule has 1 heterocycles. The van der Waals surface area contributed by atoms with Crippen LogP contribution in [0.1, 0.15) is 15.4 Å². The number of methoxy groups -OCH3 is 2. The van der Waals surface area contributed by atoms with Crippen LogP contribution in [0.2, 0.25) is 0 Å². The topological polar surface area (TPSA) is 60.5 Å². The van der Waals surface area contributed by atoms with Crippen molar-refractivity contribution >= 4 is 28.1 Å². The number of nitrogens with zero attached hydrogens (tertiary/aromatic N) is 1.